The van der Waals surface area contributed by atoms with Crippen molar-refractivity contribution in [2.45, 2.75) is 39.7 Å². The summed E-state index contributed by atoms with van der Waals surface area (Å²) >= 11 is 3.10. The van der Waals surface area contributed by atoms with Crippen molar-refractivity contribution in [3.63, 3.8) is 0 Å². The van der Waals surface area contributed by atoms with Crippen LogP contribution in [0.3, 0.4) is 0 Å². The molecule has 0 aromatic carbocycles. The Bertz CT molecular complexity index is 955. The van der Waals surface area contributed by atoms with E-state index in [1.165, 1.54) is 15.9 Å². The molecule has 3 aromatic rings. The zero-order valence-corrected chi connectivity index (χ0v) is 15.3. The van der Waals surface area contributed by atoms with Gasteiger partial charge in [0, 0.05) is 15.3 Å². The quantitative estimate of drug-likeness (QED) is 0.742. The lowest BCUT2D eigenvalue weighted by atomic mass is 10.1. The lowest BCUT2D eigenvalue weighted by Gasteiger charge is -2.16. The first kappa shape index (κ1) is 16.9. The highest BCUT2D eigenvalue weighted by molar-refractivity contribution is 7.20. The number of hydrogen-bond donors (Lipinski definition) is 1. The van der Waals surface area contributed by atoms with Crippen LogP contribution in [0.5, 0.6) is 0 Å². The maximum Gasteiger partial charge on any atom is 0.326 e. The van der Waals surface area contributed by atoms with E-state index < -0.39 is 12.0 Å². The van der Waals surface area contributed by atoms with Crippen LogP contribution in [0.2, 0.25) is 0 Å². The predicted octanol–water partition coefficient (Wildman–Crippen LogP) is 4.09. The van der Waals surface area contributed by atoms with E-state index in [9.17, 15) is 14.7 Å². The van der Waals surface area contributed by atoms with Crippen molar-refractivity contribution in [3.8, 4) is 10.4 Å². The Morgan fingerprint density at radius 1 is 1.42 bits per heavy atom. The van der Waals surface area contributed by atoms with Crippen LogP contribution in [0.25, 0.3) is 20.7 Å². The van der Waals surface area contributed by atoms with Crippen molar-refractivity contribution in [2.24, 2.45) is 0 Å². The smallest absolute Gasteiger partial charge is 0.326 e. The van der Waals surface area contributed by atoms with E-state index in [2.05, 4.69) is 11.9 Å². The number of carboxylic acid groups (broad SMARTS) is 1. The van der Waals surface area contributed by atoms with Crippen molar-refractivity contribution >= 4 is 38.9 Å². The number of fused-ring (bicyclic) bond motifs is 1. The van der Waals surface area contributed by atoms with Crippen LogP contribution >= 0.6 is 22.7 Å². The largest absolute Gasteiger partial charge is 0.480 e. The number of hydrogen-bond acceptors (Lipinski definition) is 5. The summed E-state index contributed by atoms with van der Waals surface area (Å²) in [5.41, 5.74) is 0.657. The molecule has 0 fully saturated rings. The van der Waals surface area contributed by atoms with Gasteiger partial charge in [-0.15, -0.1) is 22.7 Å². The molecule has 24 heavy (non-hydrogen) atoms. The summed E-state index contributed by atoms with van der Waals surface area (Å²) in [6.07, 6.45) is 1.14. The fraction of sp³-hybridized carbons (Fsp3) is 0.353. The third-order valence-electron chi connectivity index (χ3n) is 4.08. The number of carbonyl (C=O) groups is 1. The summed E-state index contributed by atoms with van der Waals surface area (Å²) in [6, 6.07) is 3.05. The normalized spacial score (nSPS) is 12.6. The molecule has 0 radical (unpaired) electrons. The van der Waals surface area contributed by atoms with Gasteiger partial charge in [-0.25, -0.2) is 9.78 Å². The SMILES string of the molecule is CCc1sc2nc(C)n(C(CC)C(=O)O)c(=O)c2c1-c1cccs1. The third-order valence-corrected chi connectivity index (χ3v) is 6.19. The van der Waals surface area contributed by atoms with Crippen molar-refractivity contribution in [2.75, 3.05) is 0 Å². The highest BCUT2D eigenvalue weighted by Crippen LogP contribution is 2.39. The Kier molecular flexibility index (Phi) is 4.56. The zero-order valence-electron chi connectivity index (χ0n) is 13.7. The fourth-order valence-electron chi connectivity index (χ4n) is 2.98. The molecule has 0 amide bonds. The molecule has 7 heteroatoms. The van der Waals surface area contributed by atoms with E-state index in [0.29, 0.717) is 22.5 Å². The molecule has 126 valence electrons. The molecule has 3 aromatic heterocycles. The second-order valence-electron chi connectivity index (χ2n) is 5.51. The molecule has 0 saturated heterocycles. The summed E-state index contributed by atoms with van der Waals surface area (Å²) < 4.78 is 1.33. The summed E-state index contributed by atoms with van der Waals surface area (Å²) in [5.74, 6) is -0.559. The van der Waals surface area contributed by atoms with Crippen LogP contribution in [0, 0.1) is 6.92 Å². The maximum absolute atomic E-state index is 13.2. The van der Waals surface area contributed by atoms with E-state index in [-0.39, 0.29) is 5.56 Å². The zero-order chi connectivity index (χ0) is 17.4. The van der Waals surface area contributed by atoms with Crippen LogP contribution < -0.4 is 5.56 Å². The Hall–Kier alpha value is -1.99. The first-order valence-electron chi connectivity index (χ1n) is 7.80. The summed E-state index contributed by atoms with van der Waals surface area (Å²) in [7, 11) is 0. The minimum absolute atomic E-state index is 0.258. The summed E-state index contributed by atoms with van der Waals surface area (Å²) in [4.78, 5) is 32.1. The van der Waals surface area contributed by atoms with Crippen LogP contribution in [0.1, 0.15) is 37.0 Å². The van der Waals surface area contributed by atoms with E-state index in [1.54, 1.807) is 25.2 Å². The molecule has 1 unspecified atom stereocenters. The monoisotopic (exact) mass is 362 g/mol. The number of rotatable bonds is 5. The molecule has 0 saturated carbocycles. The predicted molar refractivity (Wildman–Crippen MR) is 98.3 cm³/mol. The summed E-state index contributed by atoms with van der Waals surface area (Å²) in [5, 5.41) is 12.0. The van der Waals surface area contributed by atoms with Gasteiger partial charge < -0.3 is 5.11 Å². The van der Waals surface area contributed by atoms with Crippen LogP contribution in [-0.4, -0.2) is 20.6 Å². The fourth-order valence-corrected chi connectivity index (χ4v) is 5.01. The number of aryl methyl sites for hydroxylation is 2. The molecule has 0 spiro atoms. The van der Waals surface area contributed by atoms with Gasteiger partial charge in [0.2, 0.25) is 0 Å². The van der Waals surface area contributed by atoms with Crippen LogP contribution in [0.4, 0.5) is 0 Å². The van der Waals surface area contributed by atoms with Gasteiger partial charge in [-0.3, -0.25) is 9.36 Å². The molecule has 3 rings (SSSR count). The van der Waals surface area contributed by atoms with E-state index in [0.717, 1.165) is 21.7 Å². The Morgan fingerprint density at radius 3 is 2.71 bits per heavy atom. The lowest BCUT2D eigenvalue weighted by molar-refractivity contribution is -0.141. The van der Waals surface area contributed by atoms with Gasteiger partial charge in [-0.1, -0.05) is 19.9 Å². The minimum Gasteiger partial charge on any atom is -0.480 e. The topological polar surface area (TPSA) is 72.2 Å². The molecule has 0 bridgehead atoms. The molecular weight excluding hydrogens is 344 g/mol. The molecule has 3 heterocycles. The van der Waals surface area contributed by atoms with E-state index in [4.69, 9.17) is 0 Å². The number of aromatic nitrogens is 2. The molecule has 0 aliphatic carbocycles. The number of carboxylic acids is 1. The maximum atomic E-state index is 13.2. The third kappa shape index (κ3) is 2.57. The molecule has 0 aliphatic rings. The highest BCUT2D eigenvalue weighted by Gasteiger charge is 2.25. The van der Waals surface area contributed by atoms with Crippen molar-refractivity contribution in [3.05, 3.63) is 38.6 Å². The molecular formula is C17H18N2O3S2. The van der Waals surface area contributed by atoms with Crippen molar-refractivity contribution in [1.29, 1.82) is 0 Å². The minimum atomic E-state index is -1.01. The Labute approximate surface area is 147 Å². The van der Waals surface area contributed by atoms with Crippen molar-refractivity contribution < 1.29 is 9.90 Å². The Morgan fingerprint density at radius 2 is 2.17 bits per heavy atom. The van der Waals surface area contributed by atoms with Crippen LogP contribution in [0.15, 0.2) is 22.3 Å². The molecule has 0 aliphatic heterocycles. The first-order valence-corrected chi connectivity index (χ1v) is 9.50. The van der Waals surface area contributed by atoms with E-state index in [1.807, 2.05) is 17.5 Å². The van der Waals surface area contributed by atoms with Gasteiger partial charge >= 0.3 is 5.97 Å². The first-order chi connectivity index (χ1) is 11.5. The van der Waals surface area contributed by atoms with Gasteiger partial charge in [0.1, 0.15) is 16.7 Å². The number of thiophene rings is 2. The molecule has 1 atom stereocenters. The average Bonchev–Trinajstić information content (AvgIpc) is 3.17. The second-order valence-corrected chi connectivity index (χ2v) is 7.54. The highest BCUT2D eigenvalue weighted by atomic mass is 32.1. The average molecular weight is 362 g/mol. The second kappa shape index (κ2) is 6.49. The van der Waals surface area contributed by atoms with Gasteiger partial charge in [0.05, 0.1) is 5.39 Å². The molecule has 5 nitrogen and oxygen atoms in total. The standard InChI is InChI=1S/C17H18N2O3S2/c1-4-10(17(21)22)19-9(3)18-15-14(16(19)20)13(11(5-2)24-15)12-7-6-8-23-12/h6-8,10H,4-5H2,1-3H3,(H,21,22). The number of nitrogens with zero attached hydrogens (tertiary/aromatic N) is 2. The van der Waals surface area contributed by atoms with Crippen molar-refractivity contribution in [1.82, 2.24) is 9.55 Å². The lowest BCUT2D eigenvalue weighted by Crippen LogP contribution is -2.32. The van der Waals surface area contributed by atoms with E-state index >= 15 is 0 Å². The summed E-state index contributed by atoms with van der Waals surface area (Å²) in [6.45, 7) is 5.52. The van der Waals surface area contributed by atoms with Gasteiger partial charge in [0.15, 0.2) is 0 Å². The van der Waals surface area contributed by atoms with Gasteiger partial charge in [-0.2, -0.15) is 0 Å². The molecule has 1 N–H and O–H groups in total. The number of aliphatic carboxylic acids is 1. The van der Waals surface area contributed by atoms with Gasteiger partial charge in [-0.05, 0) is 31.2 Å². The Balaban J connectivity index is 2.41. The van der Waals surface area contributed by atoms with Gasteiger partial charge in [0.25, 0.3) is 5.56 Å². The van der Waals surface area contributed by atoms with Crippen LogP contribution in [-0.2, 0) is 11.2 Å².